The Hall–Kier alpha value is -2.67. The number of carbonyl (C=O) groups is 2. The molecule has 2 heterocycles. The van der Waals surface area contributed by atoms with Crippen LogP contribution in [0.25, 0.3) is 5.57 Å². The van der Waals surface area contributed by atoms with Crippen LogP contribution in [-0.4, -0.2) is 38.0 Å². The van der Waals surface area contributed by atoms with E-state index in [1.807, 2.05) is 6.07 Å². The van der Waals surface area contributed by atoms with Gasteiger partial charge in [0.1, 0.15) is 5.76 Å². The summed E-state index contributed by atoms with van der Waals surface area (Å²) in [7, 11) is 4.54. The quantitative estimate of drug-likeness (QED) is 0.739. The van der Waals surface area contributed by atoms with Crippen molar-refractivity contribution in [2.24, 2.45) is 0 Å². The number of hydrogen-bond acceptors (Lipinski definition) is 6. The summed E-state index contributed by atoms with van der Waals surface area (Å²) in [6.45, 7) is 0. The Morgan fingerprint density at radius 1 is 1.08 bits per heavy atom. The van der Waals surface area contributed by atoms with E-state index in [0.717, 1.165) is 10.7 Å². The molecule has 1 aliphatic heterocycles. The number of thioether (sulfide) groups is 1. The van der Waals surface area contributed by atoms with Gasteiger partial charge in [0.2, 0.25) is 0 Å². The van der Waals surface area contributed by atoms with Gasteiger partial charge < -0.3 is 13.9 Å². The van der Waals surface area contributed by atoms with Crippen LogP contribution >= 0.6 is 11.8 Å². The predicted molar refractivity (Wildman–Crippen MR) is 94.2 cm³/mol. The zero-order chi connectivity index (χ0) is 18.0. The fraction of sp³-hybridized carbons (Fsp3) is 0.222. The third-order valence-corrected chi connectivity index (χ3v) is 4.95. The molecular weight excluding hydrogens is 342 g/mol. The third kappa shape index (κ3) is 3.15. The molecule has 0 saturated heterocycles. The molecule has 1 aromatic heterocycles. The van der Waals surface area contributed by atoms with Crippen molar-refractivity contribution in [1.82, 2.24) is 4.90 Å². The summed E-state index contributed by atoms with van der Waals surface area (Å²) in [4.78, 5) is 26.6. The third-order valence-electron chi connectivity index (χ3n) is 3.86. The molecule has 0 aliphatic carbocycles. The largest absolute Gasteiger partial charge is 0.493 e. The van der Waals surface area contributed by atoms with Crippen molar-refractivity contribution in [2.45, 2.75) is 5.75 Å². The molecule has 0 spiro atoms. The zero-order valence-corrected chi connectivity index (χ0v) is 14.9. The predicted octanol–water partition coefficient (Wildman–Crippen LogP) is 2.94. The number of furan rings is 1. The smallest absolute Gasteiger partial charge is 0.267 e. The first-order valence-electron chi connectivity index (χ1n) is 7.51. The maximum absolute atomic E-state index is 12.6. The molecule has 0 N–H and O–H groups in total. The van der Waals surface area contributed by atoms with Crippen molar-refractivity contribution >= 4 is 29.1 Å². The number of carbonyl (C=O) groups excluding carboxylic acids is 2. The van der Waals surface area contributed by atoms with Crippen LogP contribution in [0.2, 0.25) is 0 Å². The van der Waals surface area contributed by atoms with Crippen LogP contribution in [0.15, 0.2) is 45.9 Å². The summed E-state index contributed by atoms with van der Waals surface area (Å²) in [5.41, 5.74) is 0.979. The minimum Gasteiger partial charge on any atom is -0.493 e. The SMILES string of the molecule is COc1ccc(C2=C(SCc3ccco3)C(=O)N(C)C2=O)cc1OC. The summed E-state index contributed by atoms with van der Waals surface area (Å²) in [5, 5.41) is 0. The van der Waals surface area contributed by atoms with Crippen LogP contribution in [0.3, 0.4) is 0 Å². The van der Waals surface area contributed by atoms with Crippen molar-refractivity contribution in [3.8, 4) is 11.5 Å². The van der Waals surface area contributed by atoms with Gasteiger partial charge in [0.05, 0.1) is 36.7 Å². The van der Waals surface area contributed by atoms with Crippen molar-refractivity contribution < 1.29 is 23.5 Å². The first-order chi connectivity index (χ1) is 12.1. The number of imide groups is 1. The van der Waals surface area contributed by atoms with Crippen LogP contribution in [0.5, 0.6) is 11.5 Å². The van der Waals surface area contributed by atoms with Crippen LogP contribution < -0.4 is 9.47 Å². The Bertz CT molecular complexity index is 841. The molecule has 0 saturated carbocycles. The molecule has 0 atom stereocenters. The Kier molecular flexibility index (Phi) is 4.85. The molecule has 3 rings (SSSR count). The Morgan fingerprint density at radius 2 is 1.84 bits per heavy atom. The Labute approximate surface area is 149 Å². The molecule has 0 fully saturated rings. The van der Waals surface area contributed by atoms with Gasteiger partial charge in [-0.25, -0.2) is 0 Å². The van der Waals surface area contributed by atoms with Crippen molar-refractivity contribution in [1.29, 1.82) is 0 Å². The average Bonchev–Trinajstić information content (AvgIpc) is 3.22. The lowest BCUT2D eigenvalue weighted by atomic mass is 10.1. The number of nitrogens with zero attached hydrogens (tertiary/aromatic N) is 1. The Balaban J connectivity index is 2.01. The number of likely N-dealkylation sites (N-methyl/N-ethyl adjacent to an activating group) is 1. The highest BCUT2D eigenvalue weighted by Gasteiger charge is 2.37. The molecule has 7 heteroatoms. The fourth-order valence-corrected chi connectivity index (χ4v) is 3.60. The lowest BCUT2D eigenvalue weighted by Crippen LogP contribution is -2.26. The van der Waals surface area contributed by atoms with E-state index < -0.39 is 0 Å². The van der Waals surface area contributed by atoms with E-state index in [1.165, 1.54) is 25.9 Å². The number of ether oxygens (including phenoxy) is 2. The first-order valence-corrected chi connectivity index (χ1v) is 8.49. The maximum Gasteiger partial charge on any atom is 0.267 e. The zero-order valence-electron chi connectivity index (χ0n) is 14.1. The van der Waals surface area contributed by atoms with Gasteiger partial charge in [-0.05, 0) is 29.8 Å². The van der Waals surface area contributed by atoms with Crippen molar-refractivity contribution in [3.63, 3.8) is 0 Å². The van der Waals surface area contributed by atoms with E-state index in [9.17, 15) is 9.59 Å². The summed E-state index contributed by atoms with van der Waals surface area (Å²) in [6, 6.07) is 8.77. The van der Waals surface area contributed by atoms with E-state index in [2.05, 4.69) is 0 Å². The van der Waals surface area contributed by atoms with E-state index in [-0.39, 0.29) is 11.8 Å². The molecule has 25 heavy (non-hydrogen) atoms. The highest BCUT2D eigenvalue weighted by molar-refractivity contribution is 8.03. The van der Waals surface area contributed by atoms with Crippen LogP contribution in [0.4, 0.5) is 0 Å². The standard InChI is InChI=1S/C18H17NO5S/c1-19-17(20)15(11-6-7-13(22-2)14(9-11)23-3)16(18(19)21)25-10-12-5-4-8-24-12/h4-9H,10H2,1-3H3. The van der Waals surface area contributed by atoms with E-state index >= 15 is 0 Å². The molecule has 1 aromatic carbocycles. The normalized spacial score (nSPS) is 14.4. The number of hydrogen-bond donors (Lipinski definition) is 0. The van der Waals surface area contributed by atoms with Gasteiger partial charge in [0, 0.05) is 7.05 Å². The monoisotopic (exact) mass is 359 g/mol. The van der Waals surface area contributed by atoms with Gasteiger partial charge >= 0.3 is 0 Å². The second-order valence-electron chi connectivity index (χ2n) is 5.31. The van der Waals surface area contributed by atoms with E-state index in [0.29, 0.717) is 33.3 Å². The van der Waals surface area contributed by atoms with Gasteiger partial charge in [-0.3, -0.25) is 14.5 Å². The minimum absolute atomic E-state index is 0.314. The average molecular weight is 359 g/mol. The summed E-state index contributed by atoms with van der Waals surface area (Å²) < 4.78 is 15.8. The molecule has 1 aliphatic rings. The lowest BCUT2D eigenvalue weighted by molar-refractivity contribution is -0.134. The van der Waals surface area contributed by atoms with Crippen molar-refractivity contribution in [3.05, 3.63) is 52.8 Å². The van der Waals surface area contributed by atoms with Crippen LogP contribution in [0, 0.1) is 0 Å². The number of methoxy groups -OCH3 is 2. The highest BCUT2D eigenvalue weighted by atomic mass is 32.2. The minimum atomic E-state index is -0.334. The highest BCUT2D eigenvalue weighted by Crippen LogP contribution is 2.39. The van der Waals surface area contributed by atoms with Gasteiger partial charge in [-0.15, -0.1) is 11.8 Å². The number of amides is 2. The molecule has 0 unspecified atom stereocenters. The molecule has 2 amide bonds. The molecule has 0 radical (unpaired) electrons. The number of rotatable bonds is 6. The Morgan fingerprint density at radius 3 is 2.48 bits per heavy atom. The maximum atomic E-state index is 12.6. The molecule has 6 nitrogen and oxygen atoms in total. The van der Waals surface area contributed by atoms with Crippen LogP contribution in [-0.2, 0) is 15.3 Å². The summed E-state index contributed by atoms with van der Waals surface area (Å²) >= 11 is 1.29. The summed E-state index contributed by atoms with van der Waals surface area (Å²) in [6.07, 6.45) is 1.58. The topological polar surface area (TPSA) is 69.0 Å². The van der Waals surface area contributed by atoms with E-state index in [4.69, 9.17) is 13.9 Å². The molecule has 0 bridgehead atoms. The molecule has 130 valence electrons. The second-order valence-corrected chi connectivity index (χ2v) is 6.30. The summed E-state index contributed by atoms with van der Waals surface area (Å²) in [5.74, 6) is 1.61. The van der Waals surface area contributed by atoms with E-state index in [1.54, 1.807) is 37.6 Å². The fourth-order valence-electron chi connectivity index (χ4n) is 2.53. The number of benzene rings is 1. The van der Waals surface area contributed by atoms with Crippen molar-refractivity contribution in [2.75, 3.05) is 21.3 Å². The second kappa shape index (κ2) is 7.06. The molecule has 2 aromatic rings. The first kappa shape index (κ1) is 17.2. The van der Waals surface area contributed by atoms with Gasteiger partial charge in [-0.1, -0.05) is 6.07 Å². The van der Waals surface area contributed by atoms with Gasteiger partial charge in [-0.2, -0.15) is 0 Å². The van der Waals surface area contributed by atoms with Gasteiger partial charge in [0.25, 0.3) is 11.8 Å². The lowest BCUT2D eigenvalue weighted by Gasteiger charge is -2.10. The molecular formula is C18H17NO5S. The van der Waals surface area contributed by atoms with Gasteiger partial charge in [0.15, 0.2) is 11.5 Å². The van der Waals surface area contributed by atoms with Crippen LogP contribution in [0.1, 0.15) is 11.3 Å².